The Kier molecular flexibility index (Phi) is 7.69. The second-order valence-electron chi connectivity index (χ2n) is 7.81. The fourth-order valence-corrected chi connectivity index (χ4v) is 3.05. The number of halogens is 3. The molecular weight excluding hydrogens is 431 g/mol. The number of aliphatic imine (C=N–C) groups is 1. The van der Waals surface area contributed by atoms with Crippen LogP contribution in [-0.4, -0.2) is 67.9 Å². The van der Waals surface area contributed by atoms with Crippen LogP contribution >= 0.6 is 0 Å². The molecule has 0 bridgehead atoms. The molecule has 12 heteroatoms. The zero-order valence-corrected chi connectivity index (χ0v) is 17.5. The van der Waals surface area contributed by atoms with Gasteiger partial charge < -0.3 is 19.7 Å². The smallest absolute Gasteiger partial charge is 0.434 e. The number of hydrogen-bond donors (Lipinski definition) is 2. The lowest BCUT2D eigenvalue weighted by atomic mass is 9.93. The van der Waals surface area contributed by atoms with Crippen LogP contribution in [0.15, 0.2) is 29.8 Å². The summed E-state index contributed by atoms with van der Waals surface area (Å²) in [5.74, 6) is -0.350. The molecule has 0 aromatic carbocycles. The minimum Gasteiger partial charge on any atom is -0.474 e. The molecule has 4 atom stereocenters. The maximum absolute atomic E-state index is 12.7. The summed E-state index contributed by atoms with van der Waals surface area (Å²) in [5, 5.41) is 20.8. The third-order valence-corrected chi connectivity index (χ3v) is 4.66. The molecule has 1 saturated heterocycles. The van der Waals surface area contributed by atoms with E-state index in [9.17, 15) is 23.4 Å². The van der Waals surface area contributed by atoms with Crippen molar-refractivity contribution in [2.24, 2.45) is 16.8 Å². The van der Waals surface area contributed by atoms with Crippen LogP contribution in [0.3, 0.4) is 0 Å². The van der Waals surface area contributed by atoms with Crippen molar-refractivity contribution in [2.45, 2.75) is 44.8 Å². The Morgan fingerprint density at radius 1 is 1.16 bits per heavy atom. The van der Waals surface area contributed by atoms with Gasteiger partial charge in [-0.25, -0.2) is 15.0 Å². The number of nitrogens with zero attached hydrogens (tertiary/aromatic N) is 5. The average Bonchev–Trinajstić information content (AvgIpc) is 2.73. The Balaban J connectivity index is 1.57. The first-order valence-corrected chi connectivity index (χ1v) is 9.98. The predicted octanol–water partition coefficient (Wildman–Crippen LogP) is 2.00. The molecule has 2 aromatic heterocycles. The number of ether oxygens (including phenoxy) is 2. The number of hydrogen-bond acceptors (Lipinski definition) is 9. The summed E-state index contributed by atoms with van der Waals surface area (Å²) in [6, 6.07) is 0. The van der Waals surface area contributed by atoms with Crippen LogP contribution in [-0.2, 0) is 17.3 Å². The largest absolute Gasteiger partial charge is 0.474 e. The third-order valence-electron chi connectivity index (χ3n) is 4.66. The number of rotatable bonds is 7. The topological polar surface area (TPSA) is 123 Å². The number of alkyl halides is 3. The zero-order chi connectivity index (χ0) is 23.3. The minimum absolute atomic E-state index is 0.0266. The Labute approximate surface area is 182 Å². The summed E-state index contributed by atoms with van der Waals surface area (Å²) in [6.45, 7) is 4.02. The van der Waals surface area contributed by atoms with Crippen LogP contribution in [0.5, 0.6) is 5.88 Å². The SMILES string of the molecule is CC(C)Cc1cncc(OC[C@H]2OCC(C=Nc3cncc(C(F)(F)F)n3)[C@@H](O)[C@H]2O)n1. The lowest BCUT2D eigenvalue weighted by Crippen LogP contribution is -2.52. The van der Waals surface area contributed by atoms with Crippen molar-refractivity contribution in [3.63, 3.8) is 0 Å². The molecule has 2 aromatic rings. The molecule has 32 heavy (non-hydrogen) atoms. The summed E-state index contributed by atoms with van der Waals surface area (Å²) in [5.41, 5.74) is -0.401. The maximum Gasteiger partial charge on any atom is 0.434 e. The molecule has 1 aliphatic rings. The van der Waals surface area contributed by atoms with E-state index in [0.717, 1.165) is 18.3 Å². The van der Waals surface area contributed by atoms with Crippen LogP contribution in [0.4, 0.5) is 19.0 Å². The van der Waals surface area contributed by atoms with Crippen molar-refractivity contribution in [1.82, 2.24) is 19.9 Å². The molecule has 1 fully saturated rings. The second kappa shape index (κ2) is 10.3. The summed E-state index contributed by atoms with van der Waals surface area (Å²) in [4.78, 5) is 19.1. The predicted molar refractivity (Wildman–Crippen MR) is 106 cm³/mol. The summed E-state index contributed by atoms with van der Waals surface area (Å²) in [7, 11) is 0. The Hall–Kier alpha value is -2.70. The van der Waals surface area contributed by atoms with Crippen LogP contribution in [0.1, 0.15) is 25.2 Å². The maximum atomic E-state index is 12.7. The van der Waals surface area contributed by atoms with E-state index in [1.54, 1.807) is 6.20 Å². The fourth-order valence-electron chi connectivity index (χ4n) is 3.05. The summed E-state index contributed by atoms with van der Waals surface area (Å²) >= 11 is 0. The van der Waals surface area contributed by atoms with Gasteiger partial charge in [-0.05, 0) is 12.3 Å². The van der Waals surface area contributed by atoms with E-state index in [-0.39, 0.29) is 24.9 Å². The minimum atomic E-state index is -4.64. The highest BCUT2D eigenvalue weighted by Crippen LogP contribution is 2.28. The van der Waals surface area contributed by atoms with Gasteiger partial charge in [-0.1, -0.05) is 13.8 Å². The molecular formula is C20H24F3N5O4. The fraction of sp³-hybridized carbons (Fsp3) is 0.550. The van der Waals surface area contributed by atoms with Crippen molar-refractivity contribution >= 4 is 12.0 Å². The van der Waals surface area contributed by atoms with Gasteiger partial charge in [0.25, 0.3) is 0 Å². The van der Waals surface area contributed by atoms with E-state index < -0.39 is 36.1 Å². The van der Waals surface area contributed by atoms with Gasteiger partial charge >= 0.3 is 6.18 Å². The van der Waals surface area contributed by atoms with Crippen molar-refractivity contribution in [2.75, 3.05) is 13.2 Å². The van der Waals surface area contributed by atoms with Gasteiger partial charge in [0, 0.05) is 18.3 Å². The van der Waals surface area contributed by atoms with E-state index in [4.69, 9.17) is 9.47 Å². The van der Waals surface area contributed by atoms with E-state index in [1.165, 1.54) is 12.4 Å². The highest BCUT2D eigenvalue weighted by Gasteiger charge is 2.38. The van der Waals surface area contributed by atoms with Crippen LogP contribution in [0, 0.1) is 11.8 Å². The second-order valence-corrected chi connectivity index (χ2v) is 7.81. The quantitative estimate of drug-likeness (QED) is 0.608. The van der Waals surface area contributed by atoms with Crippen molar-refractivity contribution in [1.29, 1.82) is 0 Å². The lowest BCUT2D eigenvalue weighted by molar-refractivity contribution is -0.158. The molecule has 1 aliphatic heterocycles. The molecule has 0 spiro atoms. The van der Waals surface area contributed by atoms with E-state index in [0.29, 0.717) is 12.1 Å². The van der Waals surface area contributed by atoms with Gasteiger partial charge in [0.2, 0.25) is 5.88 Å². The highest BCUT2D eigenvalue weighted by molar-refractivity contribution is 5.65. The third kappa shape index (κ3) is 6.40. The van der Waals surface area contributed by atoms with Gasteiger partial charge in [0.05, 0.1) is 37.0 Å². The zero-order valence-electron chi connectivity index (χ0n) is 17.5. The number of aromatic nitrogens is 4. The molecule has 9 nitrogen and oxygen atoms in total. The Morgan fingerprint density at radius 3 is 2.62 bits per heavy atom. The molecule has 0 aliphatic carbocycles. The monoisotopic (exact) mass is 455 g/mol. The Morgan fingerprint density at radius 2 is 1.91 bits per heavy atom. The first kappa shape index (κ1) is 24.0. The average molecular weight is 455 g/mol. The Bertz CT molecular complexity index is 928. The highest BCUT2D eigenvalue weighted by atomic mass is 19.4. The molecule has 0 amide bonds. The van der Waals surface area contributed by atoms with E-state index in [2.05, 4.69) is 38.8 Å². The van der Waals surface area contributed by atoms with E-state index >= 15 is 0 Å². The van der Waals surface area contributed by atoms with Gasteiger partial charge in [-0.3, -0.25) is 9.97 Å². The molecule has 2 N–H and O–H groups in total. The van der Waals surface area contributed by atoms with Gasteiger partial charge in [0.15, 0.2) is 11.5 Å². The van der Waals surface area contributed by atoms with Crippen LogP contribution in [0.25, 0.3) is 0 Å². The first-order chi connectivity index (χ1) is 15.1. The van der Waals surface area contributed by atoms with Gasteiger partial charge in [-0.15, -0.1) is 0 Å². The van der Waals surface area contributed by atoms with Gasteiger partial charge in [-0.2, -0.15) is 13.2 Å². The van der Waals surface area contributed by atoms with E-state index in [1.807, 2.05) is 0 Å². The number of aliphatic hydroxyl groups is 2. The molecule has 174 valence electrons. The van der Waals surface area contributed by atoms with Gasteiger partial charge in [0.1, 0.15) is 18.8 Å². The van der Waals surface area contributed by atoms with Crippen molar-refractivity contribution in [3.8, 4) is 5.88 Å². The molecule has 0 radical (unpaired) electrons. The first-order valence-electron chi connectivity index (χ1n) is 9.98. The summed E-state index contributed by atoms with van der Waals surface area (Å²) in [6.07, 6.45) is -1.37. The lowest BCUT2D eigenvalue weighted by Gasteiger charge is -2.35. The summed E-state index contributed by atoms with van der Waals surface area (Å²) < 4.78 is 49.3. The number of aliphatic hydroxyl groups excluding tert-OH is 2. The van der Waals surface area contributed by atoms with Crippen LogP contribution < -0.4 is 4.74 Å². The standard InChI is InChI=1S/C20H24F3N5O4/c1-11(2)3-13-5-24-8-17(27-13)32-10-14-19(30)18(29)12(9-31-14)4-26-16-7-25-6-15(28-16)20(21,22)23/h4-8,11-12,14,18-19,29-30H,3,9-10H2,1-2H3/t12?,14-,18-,19+/m1/s1. The molecule has 0 saturated carbocycles. The molecule has 3 heterocycles. The van der Waals surface area contributed by atoms with Crippen LogP contribution in [0.2, 0.25) is 0 Å². The normalized spacial score (nSPS) is 24.2. The molecule has 1 unspecified atom stereocenters. The molecule has 3 rings (SSSR count). The van der Waals surface area contributed by atoms with Crippen molar-refractivity contribution in [3.05, 3.63) is 36.2 Å². The van der Waals surface area contributed by atoms with Crippen molar-refractivity contribution < 1.29 is 32.9 Å².